The molecule has 2 aromatic heterocycles. The van der Waals surface area contributed by atoms with Crippen LogP contribution in [0.5, 0.6) is 0 Å². The van der Waals surface area contributed by atoms with E-state index in [4.69, 9.17) is 4.99 Å². The monoisotopic (exact) mass is 436 g/mol. The molecule has 0 radical (unpaired) electrons. The molecule has 4 aromatic rings. The van der Waals surface area contributed by atoms with E-state index in [-0.39, 0.29) is 17.1 Å². The van der Waals surface area contributed by atoms with Crippen LogP contribution in [0.1, 0.15) is 34.2 Å². The van der Waals surface area contributed by atoms with Gasteiger partial charge in [0.25, 0.3) is 11.5 Å². The first-order valence-corrected chi connectivity index (χ1v) is 10.8. The second-order valence-corrected chi connectivity index (χ2v) is 8.34. The van der Waals surface area contributed by atoms with Gasteiger partial charge in [0.15, 0.2) is 11.2 Å². The lowest BCUT2D eigenvalue weighted by molar-refractivity contribution is -0.121. The average molecular weight is 436 g/mol. The third-order valence-electron chi connectivity index (χ3n) is 6.21. The highest BCUT2D eigenvalue weighted by Crippen LogP contribution is 2.39. The molecule has 4 heterocycles. The van der Waals surface area contributed by atoms with Crippen LogP contribution in [0.15, 0.2) is 64.6 Å². The van der Waals surface area contributed by atoms with Gasteiger partial charge in [0.2, 0.25) is 6.17 Å². The molecule has 0 aliphatic carbocycles. The number of hydrogen-bond donors (Lipinski definition) is 0. The molecule has 1 amide bonds. The van der Waals surface area contributed by atoms with Gasteiger partial charge in [-0.05, 0) is 31.9 Å². The van der Waals surface area contributed by atoms with Crippen molar-refractivity contribution in [3.8, 4) is 0 Å². The van der Waals surface area contributed by atoms with E-state index in [2.05, 4.69) is 27.1 Å². The first kappa shape index (κ1) is 19.5. The van der Waals surface area contributed by atoms with Crippen LogP contribution >= 0.6 is 0 Å². The van der Waals surface area contributed by atoms with Gasteiger partial charge in [0.05, 0.1) is 11.4 Å². The average Bonchev–Trinajstić information content (AvgIpc) is 3.20. The van der Waals surface area contributed by atoms with E-state index in [9.17, 15) is 9.59 Å². The largest absolute Gasteiger partial charge is 0.308 e. The highest BCUT2D eigenvalue weighted by atomic mass is 16.2. The number of aryl methyl sites for hydroxylation is 2. The molecule has 0 fully saturated rings. The van der Waals surface area contributed by atoms with Crippen molar-refractivity contribution in [2.75, 3.05) is 11.4 Å². The van der Waals surface area contributed by atoms with Gasteiger partial charge in [0, 0.05) is 30.1 Å². The number of fused-ring (bicyclic) bond motifs is 1. The van der Waals surface area contributed by atoms with Crippen LogP contribution in [0, 0.1) is 13.8 Å². The maximum atomic E-state index is 13.9. The minimum atomic E-state index is -1.09. The minimum Gasteiger partial charge on any atom is -0.308 e. The Bertz CT molecular complexity index is 1540. The molecule has 1 atom stereocenters. The molecule has 0 bridgehead atoms. The molecule has 2 aliphatic rings. The second kappa shape index (κ2) is 7.16. The summed E-state index contributed by atoms with van der Waals surface area (Å²) in [7, 11) is 0. The molecular formula is C25H20N6O2. The van der Waals surface area contributed by atoms with E-state index >= 15 is 0 Å². The van der Waals surface area contributed by atoms with Gasteiger partial charge in [-0.3, -0.25) is 14.2 Å². The molecule has 8 heteroatoms. The zero-order valence-electron chi connectivity index (χ0n) is 18.2. The molecule has 8 nitrogen and oxygen atoms in total. The van der Waals surface area contributed by atoms with Crippen molar-refractivity contribution in [1.29, 1.82) is 0 Å². The number of aliphatic imine (C=N–C) groups is 1. The molecule has 162 valence electrons. The van der Waals surface area contributed by atoms with Crippen LogP contribution in [0.25, 0.3) is 11.2 Å². The molecule has 33 heavy (non-hydrogen) atoms. The van der Waals surface area contributed by atoms with E-state index in [1.54, 1.807) is 11.8 Å². The number of nitrogens with zero attached hydrogens (tertiary/aromatic N) is 6. The Labute approximate surface area is 189 Å². The maximum absolute atomic E-state index is 13.9. The highest BCUT2D eigenvalue weighted by Gasteiger charge is 2.38. The van der Waals surface area contributed by atoms with Gasteiger partial charge < -0.3 is 4.90 Å². The number of carbonyl (C=O) groups is 1. The van der Waals surface area contributed by atoms with Gasteiger partial charge in [-0.1, -0.05) is 42.0 Å². The summed E-state index contributed by atoms with van der Waals surface area (Å²) >= 11 is 0. The SMILES string of the molecule is Cc1cc2c3c(c1)C(c1ccccc1)=NC(n1c(C)nc4nccnc4c1=O)C(=O)N3CC2. The smallest absolute Gasteiger partial charge is 0.283 e. The molecule has 2 aliphatic heterocycles. The van der Waals surface area contributed by atoms with Gasteiger partial charge in [0.1, 0.15) is 5.82 Å². The van der Waals surface area contributed by atoms with Gasteiger partial charge >= 0.3 is 0 Å². The first-order valence-electron chi connectivity index (χ1n) is 10.8. The molecule has 2 aromatic carbocycles. The number of amides is 1. The zero-order valence-corrected chi connectivity index (χ0v) is 18.2. The van der Waals surface area contributed by atoms with Crippen molar-refractivity contribution in [2.24, 2.45) is 4.99 Å². The summed E-state index contributed by atoms with van der Waals surface area (Å²) in [5.74, 6) is 0.115. The third kappa shape index (κ3) is 2.91. The quantitative estimate of drug-likeness (QED) is 0.482. The highest BCUT2D eigenvalue weighted by molar-refractivity contribution is 6.20. The molecule has 6 rings (SSSR count). The Balaban J connectivity index is 1.67. The molecule has 0 N–H and O–H groups in total. The fourth-order valence-corrected chi connectivity index (χ4v) is 4.81. The number of benzene rings is 2. The fourth-order valence-electron chi connectivity index (χ4n) is 4.81. The molecule has 0 saturated heterocycles. The van der Waals surface area contributed by atoms with Crippen molar-refractivity contribution < 1.29 is 4.79 Å². The predicted molar refractivity (Wildman–Crippen MR) is 125 cm³/mol. The summed E-state index contributed by atoms with van der Waals surface area (Å²) in [6.07, 6.45) is 2.61. The number of aromatic nitrogens is 4. The first-order chi connectivity index (χ1) is 16.0. The maximum Gasteiger partial charge on any atom is 0.283 e. The summed E-state index contributed by atoms with van der Waals surface area (Å²) in [6.45, 7) is 4.29. The van der Waals surface area contributed by atoms with Crippen LogP contribution in [0.3, 0.4) is 0 Å². The molecular weight excluding hydrogens is 416 g/mol. The third-order valence-corrected chi connectivity index (χ3v) is 6.21. The summed E-state index contributed by atoms with van der Waals surface area (Å²) in [4.78, 5) is 46.8. The summed E-state index contributed by atoms with van der Waals surface area (Å²) < 4.78 is 1.35. The number of carbonyl (C=O) groups excluding carboxylic acids is 1. The van der Waals surface area contributed by atoms with Crippen molar-refractivity contribution in [1.82, 2.24) is 19.5 Å². The van der Waals surface area contributed by atoms with Gasteiger partial charge in [-0.2, -0.15) is 0 Å². The standard InChI is InChI=1S/C25H20N6O2/c1-14-12-17-8-11-30-21(17)18(13-14)19(16-6-4-3-5-7-16)29-23(25(30)33)31-15(2)28-22-20(24(31)32)26-9-10-27-22/h3-7,9-10,12-13,23H,8,11H2,1-2H3. The van der Waals surface area contributed by atoms with E-state index in [0.717, 1.165) is 34.4 Å². The Morgan fingerprint density at radius 3 is 2.61 bits per heavy atom. The second-order valence-electron chi connectivity index (χ2n) is 8.34. The van der Waals surface area contributed by atoms with Crippen molar-refractivity contribution in [2.45, 2.75) is 26.4 Å². The lowest BCUT2D eigenvalue weighted by Crippen LogP contribution is -2.40. The number of hydrogen-bond acceptors (Lipinski definition) is 6. The van der Waals surface area contributed by atoms with Crippen LogP contribution in [-0.4, -0.2) is 37.7 Å². The molecule has 0 saturated carbocycles. The normalized spacial score (nSPS) is 17.2. The minimum absolute atomic E-state index is 0.118. The van der Waals surface area contributed by atoms with Crippen LogP contribution in [-0.2, 0) is 11.2 Å². The van der Waals surface area contributed by atoms with E-state index < -0.39 is 11.7 Å². The van der Waals surface area contributed by atoms with Crippen molar-refractivity contribution in [3.63, 3.8) is 0 Å². The Morgan fingerprint density at radius 2 is 1.79 bits per heavy atom. The van der Waals surface area contributed by atoms with Crippen molar-refractivity contribution in [3.05, 3.63) is 93.3 Å². The number of rotatable bonds is 2. The zero-order chi connectivity index (χ0) is 22.7. The molecule has 1 unspecified atom stereocenters. The van der Waals surface area contributed by atoms with Crippen molar-refractivity contribution >= 4 is 28.5 Å². The fraction of sp³-hybridized carbons (Fsp3) is 0.200. The van der Waals surface area contributed by atoms with Crippen LogP contribution in [0.4, 0.5) is 5.69 Å². The Kier molecular flexibility index (Phi) is 4.23. The summed E-state index contributed by atoms with van der Waals surface area (Å²) in [5, 5.41) is 0. The molecule has 0 spiro atoms. The topological polar surface area (TPSA) is 93.3 Å². The van der Waals surface area contributed by atoms with Gasteiger partial charge in [-0.15, -0.1) is 0 Å². The summed E-state index contributed by atoms with van der Waals surface area (Å²) in [5.41, 5.74) is 5.53. The Morgan fingerprint density at radius 1 is 1.00 bits per heavy atom. The summed E-state index contributed by atoms with van der Waals surface area (Å²) in [6, 6.07) is 14.0. The van der Waals surface area contributed by atoms with Gasteiger partial charge in [-0.25, -0.2) is 19.9 Å². The number of anilines is 1. The van der Waals surface area contributed by atoms with Crippen LogP contribution < -0.4 is 10.5 Å². The Hall–Kier alpha value is -4.20. The predicted octanol–water partition coefficient (Wildman–Crippen LogP) is 2.74. The van der Waals surface area contributed by atoms with E-state index in [1.165, 1.54) is 17.0 Å². The van der Waals surface area contributed by atoms with E-state index in [0.29, 0.717) is 18.1 Å². The lowest BCUT2D eigenvalue weighted by atomic mass is 9.96. The van der Waals surface area contributed by atoms with Crippen LogP contribution in [0.2, 0.25) is 0 Å². The van der Waals surface area contributed by atoms with E-state index in [1.807, 2.05) is 37.3 Å². The lowest BCUT2D eigenvalue weighted by Gasteiger charge is -2.22.